The fourth-order valence-electron chi connectivity index (χ4n) is 3.78. The van der Waals surface area contributed by atoms with E-state index in [2.05, 4.69) is 20.7 Å². The summed E-state index contributed by atoms with van der Waals surface area (Å²) in [5, 5.41) is 19.9. The minimum absolute atomic E-state index is 0.0227. The maximum atomic E-state index is 14.7. The summed E-state index contributed by atoms with van der Waals surface area (Å²) in [7, 11) is 3.80. The van der Waals surface area contributed by atoms with Crippen LogP contribution in [0.15, 0.2) is 72.9 Å². The highest BCUT2D eigenvalue weighted by molar-refractivity contribution is 6.34. The normalized spacial score (nSPS) is 11.8. The Morgan fingerprint density at radius 1 is 1.08 bits per heavy atom. The molecule has 1 atom stereocenters. The molecule has 0 bridgehead atoms. The summed E-state index contributed by atoms with van der Waals surface area (Å²) in [6, 6.07) is 17.8. The molecule has 11 heteroatoms. The number of halogens is 2. The number of benzene rings is 2. The molecule has 0 aliphatic carbocycles. The van der Waals surface area contributed by atoms with Crippen molar-refractivity contribution in [2.45, 2.75) is 12.5 Å². The van der Waals surface area contributed by atoms with Crippen molar-refractivity contribution < 1.29 is 19.1 Å². The molecular weight excluding hydrogens is 523 g/mol. The van der Waals surface area contributed by atoms with E-state index in [1.54, 1.807) is 42.5 Å². The minimum Gasteiger partial charge on any atom is -0.391 e. The molecule has 0 spiro atoms. The lowest BCUT2D eigenvalue weighted by Crippen LogP contribution is -2.34. The van der Waals surface area contributed by atoms with Crippen LogP contribution in [0.2, 0.25) is 5.02 Å². The molecule has 2 amide bonds. The van der Waals surface area contributed by atoms with E-state index in [0.717, 1.165) is 6.07 Å². The number of anilines is 1. The van der Waals surface area contributed by atoms with Crippen LogP contribution in [0.5, 0.6) is 0 Å². The number of para-hydroxylation sites is 1. The number of aliphatic hydroxyl groups excluding tert-OH is 1. The molecule has 0 radical (unpaired) electrons. The number of hydrogen-bond acceptors (Lipinski definition) is 6. The van der Waals surface area contributed by atoms with E-state index in [0.29, 0.717) is 24.3 Å². The van der Waals surface area contributed by atoms with Crippen LogP contribution < -0.4 is 10.6 Å². The number of carbonyl (C=O) groups is 2. The quantitative estimate of drug-likeness (QED) is 0.275. The lowest BCUT2D eigenvalue weighted by atomic mass is 10.1. The van der Waals surface area contributed by atoms with Gasteiger partial charge in [-0.25, -0.2) is 9.07 Å². The van der Waals surface area contributed by atoms with Gasteiger partial charge in [-0.1, -0.05) is 35.9 Å². The highest BCUT2D eigenvalue weighted by Crippen LogP contribution is 2.28. The van der Waals surface area contributed by atoms with Crippen LogP contribution in [0.25, 0.3) is 16.9 Å². The molecule has 0 aliphatic rings. The van der Waals surface area contributed by atoms with E-state index in [1.807, 2.05) is 25.1 Å². The number of nitrogens with zero attached hydrogens (tertiary/aromatic N) is 4. The molecule has 0 saturated heterocycles. The zero-order valence-electron chi connectivity index (χ0n) is 21.4. The van der Waals surface area contributed by atoms with Crippen LogP contribution in [0.3, 0.4) is 0 Å². The van der Waals surface area contributed by atoms with Gasteiger partial charge in [-0.3, -0.25) is 14.6 Å². The van der Waals surface area contributed by atoms with E-state index >= 15 is 0 Å². The summed E-state index contributed by atoms with van der Waals surface area (Å²) >= 11 is 6.24. The lowest BCUT2D eigenvalue weighted by molar-refractivity contribution is 0.0899. The number of pyridine rings is 1. The summed E-state index contributed by atoms with van der Waals surface area (Å²) in [5.41, 5.74) is 1.12. The fraction of sp³-hybridized carbons (Fsp3) is 0.214. The zero-order chi connectivity index (χ0) is 27.9. The fourth-order valence-corrected chi connectivity index (χ4v) is 4.02. The third-order valence-electron chi connectivity index (χ3n) is 5.83. The molecule has 0 aliphatic heterocycles. The Labute approximate surface area is 230 Å². The standard InChI is InChI=1S/C28H28ClFN6O3/c1-35(2)13-11-19(37)17-32-28(39)25-16-26(36(34-25)18-8-4-3-5-9-18)33-27(38)20-14-21(23(30)15-22(20)29)24-10-6-7-12-31-24/h3-10,12,14-16,19,37H,11,13,17H2,1-2H3,(H,32,39)(H,33,38). The van der Waals surface area contributed by atoms with Crippen LogP contribution in [0.1, 0.15) is 27.3 Å². The maximum Gasteiger partial charge on any atom is 0.271 e. The predicted octanol–water partition coefficient (Wildman–Crippen LogP) is 4.02. The van der Waals surface area contributed by atoms with Gasteiger partial charge >= 0.3 is 0 Å². The molecule has 202 valence electrons. The number of aromatic nitrogens is 3. The number of rotatable bonds is 10. The second-order valence-corrected chi connectivity index (χ2v) is 9.51. The van der Waals surface area contributed by atoms with Gasteiger partial charge in [0, 0.05) is 30.9 Å². The average molecular weight is 551 g/mol. The minimum atomic E-state index is -0.722. The predicted molar refractivity (Wildman–Crippen MR) is 148 cm³/mol. The Bertz CT molecular complexity index is 1450. The second-order valence-electron chi connectivity index (χ2n) is 9.10. The number of carbonyl (C=O) groups excluding carboxylic acids is 2. The van der Waals surface area contributed by atoms with Crippen molar-refractivity contribution in [3.63, 3.8) is 0 Å². The Morgan fingerprint density at radius 3 is 2.51 bits per heavy atom. The smallest absolute Gasteiger partial charge is 0.271 e. The molecule has 2 aromatic heterocycles. The van der Waals surface area contributed by atoms with Gasteiger partial charge < -0.3 is 20.6 Å². The molecule has 39 heavy (non-hydrogen) atoms. The zero-order valence-corrected chi connectivity index (χ0v) is 22.2. The Morgan fingerprint density at radius 2 is 1.82 bits per heavy atom. The summed E-state index contributed by atoms with van der Waals surface area (Å²) in [6.45, 7) is 0.720. The van der Waals surface area contributed by atoms with Gasteiger partial charge in [0.25, 0.3) is 11.8 Å². The monoisotopic (exact) mass is 550 g/mol. The van der Waals surface area contributed by atoms with E-state index in [1.165, 1.54) is 23.0 Å². The topological polar surface area (TPSA) is 112 Å². The van der Waals surface area contributed by atoms with Gasteiger partial charge in [-0.2, -0.15) is 5.10 Å². The van der Waals surface area contributed by atoms with Crippen molar-refractivity contribution in [3.05, 3.63) is 95.0 Å². The van der Waals surface area contributed by atoms with Crippen molar-refractivity contribution in [1.29, 1.82) is 0 Å². The SMILES string of the molecule is CN(C)CCC(O)CNC(=O)c1cc(NC(=O)c2cc(-c3ccccn3)c(F)cc2Cl)n(-c2ccccc2)n1. The number of hydrogen-bond donors (Lipinski definition) is 3. The second kappa shape index (κ2) is 12.6. The third-order valence-corrected chi connectivity index (χ3v) is 6.15. The van der Waals surface area contributed by atoms with Gasteiger partial charge in [0.1, 0.15) is 11.6 Å². The molecule has 4 aromatic rings. The molecule has 2 aromatic carbocycles. The molecule has 3 N–H and O–H groups in total. The van der Waals surface area contributed by atoms with E-state index < -0.39 is 23.7 Å². The highest BCUT2D eigenvalue weighted by atomic mass is 35.5. The average Bonchev–Trinajstić information content (AvgIpc) is 3.35. The van der Waals surface area contributed by atoms with Crippen LogP contribution in [-0.2, 0) is 0 Å². The number of aliphatic hydroxyl groups is 1. The van der Waals surface area contributed by atoms with Crippen molar-refractivity contribution in [2.24, 2.45) is 0 Å². The van der Waals surface area contributed by atoms with E-state index in [-0.39, 0.29) is 34.2 Å². The Hall–Kier alpha value is -4.12. The summed E-state index contributed by atoms with van der Waals surface area (Å²) < 4.78 is 16.1. The molecule has 4 rings (SSSR count). The van der Waals surface area contributed by atoms with Crippen LogP contribution in [-0.4, -0.2) is 69.9 Å². The van der Waals surface area contributed by atoms with Crippen LogP contribution in [0, 0.1) is 5.82 Å². The van der Waals surface area contributed by atoms with Gasteiger partial charge in [0.05, 0.1) is 28.1 Å². The van der Waals surface area contributed by atoms with Gasteiger partial charge in [0.2, 0.25) is 0 Å². The van der Waals surface area contributed by atoms with Crippen molar-refractivity contribution in [3.8, 4) is 16.9 Å². The summed E-state index contributed by atoms with van der Waals surface area (Å²) in [5.74, 6) is -1.55. The Balaban J connectivity index is 1.60. The van der Waals surface area contributed by atoms with Crippen molar-refractivity contribution in [2.75, 3.05) is 32.5 Å². The first kappa shape index (κ1) is 27.9. The van der Waals surface area contributed by atoms with Gasteiger partial charge in [-0.05, 0) is 56.9 Å². The first-order chi connectivity index (χ1) is 18.7. The molecular formula is C28H28ClFN6O3. The van der Waals surface area contributed by atoms with Crippen LogP contribution in [0.4, 0.5) is 10.2 Å². The third kappa shape index (κ3) is 7.05. The van der Waals surface area contributed by atoms with E-state index in [9.17, 15) is 19.1 Å². The number of amides is 2. The molecule has 0 saturated carbocycles. The molecule has 2 heterocycles. The van der Waals surface area contributed by atoms with Gasteiger partial charge in [-0.15, -0.1) is 0 Å². The molecule has 1 unspecified atom stereocenters. The first-order valence-corrected chi connectivity index (χ1v) is 12.6. The first-order valence-electron chi connectivity index (χ1n) is 12.2. The van der Waals surface area contributed by atoms with Crippen molar-refractivity contribution in [1.82, 2.24) is 25.0 Å². The van der Waals surface area contributed by atoms with Crippen LogP contribution >= 0.6 is 11.6 Å². The van der Waals surface area contributed by atoms with Gasteiger partial charge in [0.15, 0.2) is 5.69 Å². The summed E-state index contributed by atoms with van der Waals surface area (Å²) in [6.07, 6.45) is 1.29. The highest BCUT2D eigenvalue weighted by Gasteiger charge is 2.21. The Kier molecular flexibility index (Phi) is 9.03. The lowest BCUT2D eigenvalue weighted by Gasteiger charge is -2.14. The number of nitrogens with one attached hydrogen (secondary N) is 2. The molecule has 0 fully saturated rings. The maximum absolute atomic E-state index is 14.7. The summed E-state index contributed by atoms with van der Waals surface area (Å²) in [4.78, 5) is 32.3. The van der Waals surface area contributed by atoms with Crippen molar-refractivity contribution >= 4 is 29.2 Å². The molecule has 9 nitrogen and oxygen atoms in total. The van der Waals surface area contributed by atoms with E-state index in [4.69, 9.17) is 11.6 Å². The largest absolute Gasteiger partial charge is 0.391 e.